The Kier molecular flexibility index (Phi) is 6.69. The van der Waals surface area contributed by atoms with E-state index in [-0.39, 0.29) is 11.4 Å². The Morgan fingerprint density at radius 2 is 1.86 bits per heavy atom. The third-order valence-corrected chi connectivity index (χ3v) is 7.51. The molecule has 4 aromatic heterocycles. The molecule has 0 spiro atoms. The van der Waals surface area contributed by atoms with Gasteiger partial charge in [-0.1, -0.05) is 0 Å². The second kappa shape index (κ2) is 9.67. The number of aryl methyl sites for hydroxylation is 2. The lowest BCUT2D eigenvalue weighted by molar-refractivity contribution is 0.0988. The molecule has 0 aromatic carbocycles. The van der Waals surface area contributed by atoms with Gasteiger partial charge in [0.25, 0.3) is 5.91 Å². The van der Waals surface area contributed by atoms with Crippen LogP contribution in [0.5, 0.6) is 0 Å². The number of carbonyl (C=O) groups excluding carboxylic acids is 1. The fourth-order valence-corrected chi connectivity index (χ4v) is 5.86. The molecule has 0 saturated carbocycles. The van der Waals surface area contributed by atoms with Gasteiger partial charge < -0.3 is 14.5 Å². The maximum Gasteiger partial charge on any atom is 0.276 e. The third kappa shape index (κ3) is 4.81. The van der Waals surface area contributed by atoms with Crippen molar-refractivity contribution in [3.8, 4) is 11.1 Å². The number of amides is 1. The number of nitrogens with zero attached hydrogens (tertiary/aromatic N) is 8. The zero-order chi connectivity index (χ0) is 26.5. The van der Waals surface area contributed by atoms with E-state index in [1.165, 1.54) is 0 Å². The average Bonchev–Trinajstić information content (AvgIpc) is 3.44. The van der Waals surface area contributed by atoms with Crippen LogP contribution in [0.15, 0.2) is 30.7 Å². The summed E-state index contributed by atoms with van der Waals surface area (Å²) in [5.41, 5.74) is 5.59. The summed E-state index contributed by atoms with van der Waals surface area (Å²) in [7, 11) is 1.76. The molecule has 0 N–H and O–H groups in total. The Labute approximate surface area is 229 Å². The number of hydrogen-bond donors (Lipinski definition) is 0. The van der Waals surface area contributed by atoms with Crippen molar-refractivity contribution < 1.29 is 9.53 Å². The molecule has 0 aliphatic carbocycles. The zero-order valence-corrected chi connectivity index (χ0v) is 24.1. The van der Waals surface area contributed by atoms with Gasteiger partial charge in [-0.2, -0.15) is 10.2 Å². The fourth-order valence-electron chi connectivity index (χ4n) is 4.51. The Balaban J connectivity index is 1.54. The number of halogens is 1. The molecule has 1 aliphatic heterocycles. The SMILES string of the molecule is Cc1nc2c(N3CCOCC3)cc(-c3cc(C(=O)N(C)c4cnn(C(C)(C)C)c4I)ncc3C)cn2n1. The average molecular weight is 614 g/mol. The molecular weight excluding hydrogens is 583 g/mol. The predicted octanol–water partition coefficient (Wildman–Crippen LogP) is 4.08. The summed E-state index contributed by atoms with van der Waals surface area (Å²) in [6.07, 6.45) is 5.46. The number of rotatable bonds is 4. The van der Waals surface area contributed by atoms with E-state index in [4.69, 9.17) is 4.74 Å². The highest BCUT2D eigenvalue weighted by Gasteiger charge is 2.25. The van der Waals surface area contributed by atoms with Crippen molar-refractivity contribution in [2.75, 3.05) is 43.2 Å². The highest BCUT2D eigenvalue weighted by Crippen LogP contribution is 2.32. The summed E-state index contributed by atoms with van der Waals surface area (Å²) in [6, 6.07) is 3.99. The fraction of sp³-hybridized carbons (Fsp3) is 0.423. The Morgan fingerprint density at radius 3 is 2.54 bits per heavy atom. The van der Waals surface area contributed by atoms with E-state index >= 15 is 0 Å². The first-order valence-electron chi connectivity index (χ1n) is 12.2. The minimum Gasteiger partial charge on any atom is -0.378 e. The molecule has 194 valence electrons. The number of hydrogen-bond acceptors (Lipinski definition) is 7. The van der Waals surface area contributed by atoms with Crippen molar-refractivity contribution in [3.05, 3.63) is 51.5 Å². The molecule has 0 unspecified atom stereocenters. The molecule has 0 bridgehead atoms. The second-order valence-corrected chi connectivity index (χ2v) is 11.3. The Morgan fingerprint density at radius 1 is 1.14 bits per heavy atom. The lowest BCUT2D eigenvalue weighted by Crippen LogP contribution is -2.36. The largest absolute Gasteiger partial charge is 0.378 e. The van der Waals surface area contributed by atoms with E-state index in [1.807, 2.05) is 35.3 Å². The van der Waals surface area contributed by atoms with Gasteiger partial charge in [-0.25, -0.2) is 9.50 Å². The van der Waals surface area contributed by atoms with E-state index in [0.29, 0.717) is 24.7 Å². The first-order chi connectivity index (χ1) is 17.5. The molecule has 0 atom stereocenters. The van der Waals surface area contributed by atoms with Gasteiger partial charge in [0.05, 0.1) is 36.3 Å². The number of pyridine rings is 2. The van der Waals surface area contributed by atoms with Crippen LogP contribution in [0.25, 0.3) is 16.8 Å². The monoisotopic (exact) mass is 614 g/mol. The Bertz CT molecular complexity index is 1480. The topological polar surface area (TPSA) is 93.7 Å². The predicted molar refractivity (Wildman–Crippen MR) is 151 cm³/mol. The number of morpholine rings is 1. The summed E-state index contributed by atoms with van der Waals surface area (Å²) in [5.74, 6) is 0.514. The molecule has 1 aliphatic rings. The maximum absolute atomic E-state index is 13.6. The van der Waals surface area contributed by atoms with E-state index < -0.39 is 0 Å². The van der Waals surface area contributed by atoms with Crippen LogP contribution < -0.4 is 9.80 Å². The van der Waals surface area contributed by atoms with E-state index in [9.17, 15) is 4.79 Å². The standard InChI is InChI=1S/C26H31IN8O2/c1-16-13-28-20(25(36)32(6)22-14-29-35(23(22)27)26(3,4)5)12-19(16)18-11-21(33-7-9-37-10-8-33)24-30-17(2)31-34(24)15-18/h11-15H,7-10H2,1-6H3. The molecule has 1 saturated heterocycles. The number of fused-ring (bicyclic) bond motifs is 1. The van der Waals surface area contributed by atoms with Crippen LogP contribution in [0, 0.1) is 17.5 Å². The molecule has 5 heterocycles. The minimum absolute atomic E-state index is 0.190. The summed E-state index contributed by atoms with van der Waals surface area (Å²) in [6.45, 7) is 13.1. The highest BCUT2D eigenvalue weighted by atomic mass is 127. The maximum atomic E-state index is 13.6. The van der Waals surface area contributed by atoms with E-state index in [1.54, 1.807) is 24.3 Å². The van der Waals surface area contributed by atoms with Gasteiger partial charge in [0.15, 0.2) is 5.65 Å². The van der Waals surface area contributed by atoms with E-state index in [0.717, 1.165) is 50.5 Å². The van der Waals surface area contributed by atoms with Gasteiger partial charge >= 0.3 is 0 Å². The van der Waals surface area contributed by atoms with Gasteiger partial charge in [-0.05, 0) is 80.5 Å². The highest BCUT2D eigenvalue weighted by molar-refractivity contribution is 14.1. The van der Waals surface area contributed by atoms with Crippen LogP contribution in [0.3, 0.4) is 0 Å². The molecule has 11 heteroatoms. The van der Waals surface area contributed by atoms with Crippen molar-refractivity contribution in [3.63, 3.8) is 0 Å². The minimum atomic E-state index is -0.196. The molecule has 37 heavy (non-hydrogen) atoms. The van der Waals surface area contributed by atoms with Crippen molar-refractivity contribution in [2.45, 2.75) is 40.2 Å². The lowest BCUT2D eigenvalue weighted by atomic mass is 10.0. The molecule has 1 amide bonds. The number of anilines is 2. The van der Waals surface area contributed by atoms with Crippen molar-refractivity contribution in [1.29, 1.82) is 0 Å². The van der Waals surface area contributed by atoms with Crippen LogP contribution in [0.4, 0.5) is 11.4 Å². The molecule has 4 aromatic rings. The van der Waals surface area contributed by atoms with Crippen molar-refractivity contribution in [1.82, 2.24) is 29.4 Å². The molecule has 5 rings (SSSR count). The van der Waals surface area contributed by atoms with Crippen molar-refractivity contribution in [2.24, 2.45) is 0 Å². The summed E-state index contributed by atoms with van der Waals surface area (Å²) in [4.78, 5) is 26.6. The molecule has 10 nitrogen and oxygen atoms in total. The second-order valence-electron chi connectivity index (χ2n) is 10.3. The Hall–Kier alpha value is -3.06. The smallest absolute Gasteiger partial charge is 0.276 e. The van der Waals surface area contributed by atoms with Crippen LogP contribution in [-0.2, 0) is 10.3 Å². The van der Waals surface area contributed by atoms with Crippen LogP contribution in [0.1, 0.15) is 42.6 Å². The molecule has 0 radical (unpaired) electrons. The normalized spacial score (nSPS) is 14.4. The summed E-state index contributed by atoms with van der Waals surface area (Å²) >= 11 is 2.24. The number of carbonyl (C=O) groups is 1. The van der Waals surface area contributed by atoms with Gasteiger partial charge in [0.1, 0.15) is 15.2 Å². The first-order valence-corrected chi connectivity index (χ1v) is 13.3. The number of aromatic nitrogens is 6. The summed E-state index contributed by atoms with van der Waals surface area (Å²) < 4.78 is 10.2. The van der Waals surface area contributed by atoms with Crippen molar-refractivity contribution >= 4 is 45.5 Å². The van der Waals surface area contributed by atoms with Gasteiger partial charge in [0.2, 0.25) is 0 Å². The molecular formula is C26H31IN8O2. The first kappa shape index (κ1) is 25.6. The third-order valence-electron chi connectivity index (χ3n) is 6.50. The molecule has 1 fully saturated rings. The zero-order valence-electron chi connectivity index (χ0n) is 22.0. The quantitative estimate of drug-likeness (QED) is 0.320. The van der Waals surface area contributed by atoms with Gasteiger partial charge in [-0.3, -0.25) is 14.5 Å². The van der Waals surface area contributed by atoms with Crippen LogP contribution in [-0.4, -0.2) is 68.6 Å². The lowest BCUT2D eigenvalue weighted by Gasteiger charge is -2.29. The van der Waals surface area contributed by atoms with E-state index in [2.05, 4.69) is 74.5 Å². The summed E-state index contributed by atoms with van der Waals surface area (Å²) in [5, 5.41) is 9.10. The van der Waals surface area contributed by atoms with Crippen LogP contribution >= 0.6 is 22.6 Å². The van der Waals surface area contributed by atoms with Gasteiger partial charge in [0, 0.05) is 38.1 Å². The van der Waals surface area contributed by atoms with Crippen LogP contribution in [0.2, 0.25) is 0 Å². The van der Waals surface area contributed by atoms with Gasteiger partial charge in [-0.15, -0.1) is 0 Å². The number of ether oxygens (including phenoxy) is 1.